The fourth-order valence-electron chi connectivity index (χ4n) is 0.896. The zero-order valence-corrected chi connectivity index (χ0v) is 8.70. The minimum Gasteiger partial charge on any atom is -0.480 e. The first kappa shape index (κ1) is 14.9. The summed E-state index contributed by atoms with van der Waals surface area (Å²) >= 11 is 0. The monoisotopic (exact) mass is 236 g/mol. The van der Waals surface area contributed by atoms with Gasteiger partial charge in [0.15, 0.2) is 5.78 Å². The van der Waals surface area contributed by atoms with Crippen molar-refractivity contribution in [3.8, 4) is 0 Å². The van der Waals surface area contributed by atoms with Crippen LogP contribution in [0.4, 0.5) is 0 Å². The first-order valence-electron chi connectivity index (χ1n) is 4.56. The lowest BCUT2D eigenvalue weighted by molar-refractivity contribution is -0.140. The predicted molar refractivity (Wildman–Crippen MR) is 52.3 cm³/mol. The van der Waals surface area contributed by atoms with Gasteiger partial charge in [-0.25, -0.2) is 0 Å². The topological polar surface area (TPSA) is 153 Å². The van der Waals surface area contributed by atoms with Gasteiger partial charge >= 0.3 is 5.97 Å². The first-order chi connectivity index (χ1) is 7.31. The number of aliphatic hydroxyl groups excluding tert-OH is 3. The van der Waals surface area contributed by atoms with E-state index in [-0.39, 0.29) is 0 Å². The number of carbonyl (C=O) groups is 2. The summed E-state index contributed by atoms with van der Waals surface area (Å²) < 4.78 is 0. The maximum Gasteiger partial charge on any atom is 0.320 e. The van der Waals surface area contributed by atoms with E-state index in [4.69, 9.17) is 21.1 Å². The van der Waals surface area contributed by atoms with E-state index in [9.17, 15) is 14.7 Å². The normalized spacial score (nSPS) is 18.6. The molecule has 7 N–H and O–H groups in total. The van der Waals surface area contributed by atoms with Crippen LogP contribution >= 0.6 is 0 Å². The molecule has 0 radical (unpaired) electrons. The third-order valence-electron chi connectivity index (χ3n) is 1.95. The Kier molecular flexibility index (Phi) is 6.08. The third kappa shape index (κ3) is 4.21. The molecule has 0 rings (SSSR count). The SMILES string of the molecule is CC(NC(N)C(=O)C(O)C(O)CO)C(=O)O. The highest BCUT2D eigenvalue weighted by Gasteiger charge is 2.29. The molecule has 0 aromatic rings. The van der Waals surface area contributed by atoms with Crippen molar-refractivity contribution < 1.29 is 30.0 Å². The van der Waals surface area contributed by atoms with Gasteiger partial charge < -0.3 is 26.2 Å². The van der Waals surface area contributed by atoms with Gasteiger partial charge in [0.05, 0.1) is 6.61 Å². The van der Waals surface area contributed by atoms with Crippen LogP contribution in [0.1, 0.15) is 6.92 Å². The number of Topliss-reactive ketones (excluding diaryl/α,β-unsaturated/α-hetero) is 1. The molecular weight excluding hydrogens is 220 g/mol. The molecule has 16 heavy (non-hydrogen) atoms. The van der Waals surface area contributed by atoms with Crippen LogP contribution in [0, 0.1) is 0 Å². The zero-order valence-electron chi connectivity index (χ0n) is 8.70. The van der Waals surface area contributed by atoms with Gasteiger partial charge in [0.25, 0.3) is 0 Å². The second kappa shape index (κ2) is 6.51. The number of carbonyl (C=O) groups excluding carboxylic acids is 1. The van der Waals surface area contributed by atoms with Crippen molar-refractivity contribution in [2.45, 2.75) is 31.3 Å². The molecule has 0 aliphatic rings. The zero-order chi connectivity index (χ0) is 12.9. The summed E-state index contributed by atoms with van der Waals surface area (Å²) in [4.78, 5) is 21.7. The number of aliphatic carboxylic acids is 1. The molecule has 4 atom stereocenters. The molecule has 94 valence electrons. The van der Waals surface area contributed by atoms with E-state index in [1.807, 2.05) is 0 Å². The minimum atomic E-state index is -1.85. The molecule has 0 aliphatic heterocycles. The van der Waals surface area contributed by atoms with Crippen molar-refractivity contribution in [2.75, 3.05) is 6.61 Å². The average molecular weight is 236 g/mol. The second-order valence-corrected chi connectivity index (χ2v) is 3.30. The molecule has 8 nitrogen and oxygen atoms in total. The third-order valence-corrected chi connectivity index (χ3v) is 1.95. The van der Waals surface area contributed by atoms with Gasteiger partial charge in [-0.15, -0.1) is 0 Å². The Morgan fingerprint density at radius 3 is 2.25 bits per heavy atom. The minimum absolute atomic E-state index is 0.798. The van der Waals surface area contributed by atoms with E-state index < -0.39 is 42.8 Å². The number of aliphatic hydroxyl groups is 3. The van der Waals surface area contributed by atoms with Crippen LogP contribution in [0.15, 0.2) is 0 Å². The van der Waals surface area contributed by atoms with Crippen LogP contribution in [-0.4, -0.2) is 63.2 Å². The summed E-state index contributed by atoms with van der Waals surface area (Å²) in [5.41, 5.74) is 5.27. The molecule has 0 saturated carbocycles. The van der Waals surface area contributed by atoms with E-state index in [0.29, 0.717) is 0 Å². The van der Waals surface area contributed by atoms with Crippen LogP contribution in [0.3, 0.4) is 0 Å². The highest BCUT2D eigenvalue weighted by atomic mass is 16.4. The maximum absolute atomic E-state index is 11.3. The Balaban J connectivity index is 4.33. The highest BCUT2D eigenvalue weighted by molar-refractivity contribution is 5.88. The van der Waals surface area contributed by atoms with Crippen LogP contribution in [0.2, 0.25) is 0 Å². The lowest BCUT2D eigenvalue weighted by Crippen LogP contribution is -2.56. The second-order valence-electron chi connectivity index (χ2n) is 3.30. The smallest absolute Gasteiger partial charge is 0.320 e. The van der Waals surface area contributed by atoms with Crippen molar-refractivity contribution in [1.82, 2.24) is 5.32 Å². The van der Waals surface area contributed by atoms with Crippen LogP contribution < -0.4 is 11.1 Å². The fraction of sp³-hybridized carbons (Fsp3) is 0.750. The van der Waals surface area contributed by atoms with Crippen LogP contribution in [-0.2, 0) is 9.59 Å². The number of hydrogen-bond donors (Lipinski definition) is 6. The Morgan fingerprint density at radius 2 is 1.88 bits per heavy atom. The van der Waals surface area contributed by atoms with Gasteiger partial charge in [-0.1, -0.05) is 0 Å². The number of carboxylic acids is 1. The molecule has 0 aliphatic carbocycles. The molecule has 0 amide bonds. The summed E-state index contributed by atoms with van der Waals surface area (Å²) in [7, 11) is 0. The molecule has 0 saturated heterocycles. The lowest BCUT2D eigenvalue weighted by atomic mass is 10.1. The van der Waals surface area contributed by atoms with E-state index in [1.165, 1.54) is 6.92 Å². The molecule has 8 heteroatoms. The van der Waals surface area contributed by atoms with Gasteiger partial charge in [-0.2, -0.15) is 0 Å². The van der Waals surface area contributed by atoms with Crippen molar-refractivity contribution >= 4 is 11.8 Å². The molecule has 4 unspecified atom stereocenters. The number of nitrogens with two attached hydrogens (primary N) is 1. The van der Waals surface area contributed by atoms with E-state index in [2.05, 4.69) is 5.32 Å². The van der Waals surface area contributed by atoms with Crippen molar-refractivity contribution in [2.24, 2.45) is 5.73 Å². The molecule has 0 fully saturated rings. The summed E-state index contributed by atoms with van der Waals surface area (Å²) in [6.07, 6.45) is -4.92. The summed E-state index contributed by atoms with van der Waals surface area (Å²) in [5.74, 6) is -2.20. The largest absolute Gasteiger partial charge is 0.480 e. The molecule has 0 heterocycles. The molecular formula is C8H16N2O6. The van der Waals surface area contributed by atoms with Crippen LogP contribution in [0.25, 0.3) is 0 Å². The molecule has 0 aromatic heterocycles. The summed E-state index contributed by atoms with van der Waals surface area (Å²) in [6.45, 7) is 0.471. The van der Waals surface area contributed by atoms with Gasteiger partial charge in [-0.05, 0) is 6.92 Å². The number of rotatable bonds is 7. The predicted octanol–water partition coefficient (Wildman–Crippen LogP) is -3.38. The average Bonchev–Trinajstić information content (AvgIpc) is 2.25. The maximum atomic E-state index is 11.3. The lowest BCUT2D eigenvalue weighted by Gasteiger charge is -2.21. The summed E-state index contributed by atoms with van der Waals surface area (Å²) in [6, 6.07) is -1.07. The molecule has 0 bridgehead atoms. The summed E-state index contributed by atoms with van der Waals surface area (Å²) in [5, 5.41) is 37.4. The van der Waals surface area contributed by atoms with Crippen molar-refractivity contribution in [3.63, 3.8) is 0 Å². The first-order valence-corrected chi connectivity index (χ1v) is 4.56. The number of nitrogens with one attached hydrogen (secondary N) is 1. The quantitative estimate of drug-likeness (QED) is 0.250. The number of carboxylic acid groups (broad SMARTS) is 1. The standard InChI is InChI=1S/C8H16N2O6/c1-3(8(15)16)10-7(9)6(14)5(13)4(12)2-11/h3-5,7,10-13H,2,9H2,1H3,(H,15,16). The van der Waals surface area contributed by atoms with Gasteiger partial charge in [0.1, 0.15) is 24.4 Å². The van der Waals surface area contributed by atoms with E-state index >= 15 is 0 Å². The molecule has 0 spiro atoms. The molecule has 0 aromatic carbocycles. The Bertz CT molecular complexity index is 259. The van der Waals surface area contributed by atoms with Crippen molar-refractivity contribution in [3.05, 3.63) is 0 Å². The van der Waals surface area contributed by atoms with Crippen molar-refractivity contribution in [1.29, 1.82) is 0 Å². The number of ketones is 1. The van der Waals surface area contributed by atoms with E-state index in [0.717, 1.165) is 0 Å². The van der Waals surface area contributed by atoms with E-state index in [1.54, 1.807) is 0 Å². The Labute approximate surface area is 91.7 Å². The van der Waals surface area contributed by atoms with Gasteiger partial charge in [-0.3, -0.25) is 14.9 Å². The highest BCUT2D eigenvalue weighted by Crippen LogP contribution is 1.97. The Morgan fingerprint density at radius 1 is 1.38 bits per heavy atom. The van der Waals surface area contributed by atoms with Gasteiger partial charge in [0, 0.05) is 0 Å². The number of hydrogen-bond acceptors (Lipinski definition) is 7. The van der Waals surface area contributed by atoms with Crippen LogP contribution in [0.5, 0.6) is 0 Å². The fourth-order valence-corrected chi connectivity index (χ4v) is 0.896. The Hall–Kier alpha value is -1.06. The van der Waals surface area contributed by atoms with Gasteiger partial charge in [0.2, 0.25) is 0 Å².